The number of hydrogen-bond acceptors (Lipinski definition) is 3. The summed E-state index contributed by atoms with van der Waals surface area (Å²) >= 11 is 0. The molecule has 7 heteroatoms. The average molecular weight is 416 g/mol. The molecule has 1 aliphatic heterocycles. The Hall–Kier alpha value is -2.83. The highest BCUT2D eigenvalue weighted by Crippen LogP contribution is 2.33. The van der Waals surface area contributed by atoms with Crippen LogP contribution in [0.15, 0.2) is 53.7 Å². The highest BCUT2D eigenvalue weighted by Gasteiger charge is 2.36. The van der Waals surface area contributed by atoms with Gasteiger partial charge in [-0.2, -0.15) is 13.2 Å². The molecular weight excluding hydrogens is 393 g/mol. The van der Waals surface area contributed by atoms with Gasteiger partial charge in [-0.3, -0.25) is 4.79 Å². The molecule has 0 radical (unpaired) electrons. The summed E-state index contributed by atoms with van der Waals surface area (Å²) in [4.78, 5) is 20.0. The Bertz CT molecular complexity index is 950. The molecule has 0 unspecified atom stereocenters. The van der Waals surface area contributed by atoms with Gasteiger partial charge in [0.15, 0.2) is 6.10 Å². The lowest BCUT2D eigenvalue weighted by Crippen LogP contribution is -2.38. The van der Waals surface area contributed by atoms with Gasteiger partial charge in [-0.15, -0.1) is 0 Å². The van der Waals surface area contributed by atoms with Crippen molar-refractivity contribution in [2.45, 2.75) is 45.0 Å². The molecule has 1 saturated carbocycles. The number of oxime groups is 1. The maximum absolute atomic E-state index is 13.0. The van der Waals surface area contributed by atoms with Crippen molar-refractivity contribution in [1.82, 2.24) is 4.90 Å². The van der Waals surface area contributed by atoms with Gasteiger partial charge in [-0.1, -0.05) is 47.1 Å². The summed E-state index contributed by atoms with van der Waals surface area (Å²) in [5, 5.41) is 4.17. The van der Waals surface area contributed by atoms with E-state index in [1.54, 1.807) is 11.0 Å². The summed E-state index contributed by atoms with van der Waals surface area (Å²) in [7, 11) is 0. The zero-order valence-corrected chi connectivity index (χ0v) is 16.7. The van der Waals surface area contributed by atoms with Crippen molar-refractivity contribution in [2.24, 2.45) is 11.1 Å². The third kappa shape index (κ3) is 4.83. The lowest BCUT2D eigenvalue weighted by atomic mass is 10.0. The number of hydrogen-bond donors (Lipinski definition) is 0. The van der Waals surface area contributed by atoms with Crippen LogP contribution in [0, 0.1) is 12.8 Å². The smallest absolute Gasteiger partial charge is 0.390 e. The molecule has 2 aromatic carbocycles. The first-order valence-corrected chi connectivity index (χ1v) is 10.0. The maximum atomic E-state index is 13.0. The van der Waals surface area contributed by atoms with E-state index < -0.39 is 11.7 Å². The quantitative estimate of drug-likeness (QED) is 0.669. The van der Waals surface area contributed by atoms with Crippen molar-refractivity contribution in [3.8, 4) is 0 Å². The van der Waals surface area contributed by atoms with Gasteiger partial charge in [-0.25, -0.2) is 0 Å². The van der Waals surface area contributed by atoms with E-state index in [-0.39, 0.29) is 24.5 Å². The molecule has 4 rings (SSSR count). The van der Waals surface area contributed by atoms with Crippen molar-refractivity contribution < 1.29 is 22.8 Å². The zero-order chi connectivity index (χ0) is 21.3. The number of nitrogens with zero attached hydrogens (tertiary/aromatic N) is 2. The first kappa shape index (κ1) is 20.4. The highest BCUT2D eigenvalue weighted by atomic mass is 19.4. The van der Waals surface area contributed by atoms with Crippen molar-refractivity contribution >= 4 is 11.6 Å². The average Bonchev–Trinajstić information content (AvgIpc) is 3.46. The summed E-state index contributed by atoms with van der Waals surface area (Å²) in [5.41, 5.74) is 2.69. The Morgan fingerprint density at radius 3 is 2.57 bits per heavy atom. The minimum atomic E-state index is -4.41. The summed E-state index contributed by atoms with van der Waals surface area (Å²) in [6.45, 7) is 2.43. The molecule has 1 amide bonds. The Morgan fingerprint density at radius 1 is 1.17 bits per heavy atom. The van der Waals surface area contributed by atoms with E-state index >= 15 is 0 Å². The molecule has 1 atom stereocenters. The summed E-state index contributed by atoms with van der Waals surface area (Å²) < 4.78 is 39.1. The molecule has 1 aliphatic carbocycles. The van der Waals surface area contributed by atoms with Crippen LogP contribution < -0.4 is 0 Å². The molecule has 0 spiro atoms. The molecule has 30 heavy (non-hydrogen) atoms. The predicted octanol–water partition coefficient (Wildman–Crippen LogP) is 4.95. The number of alkyl halides is 3. The topological polar surface area (TPSA) is 41.9 Å². The molecule has 4 nitrogen and oxygen atoms in total. The van der Waals surface area contributed by atoms with E-state index in [4.69, 9.17) is 4.84 Å². The molecule has 158 valence electrons. The van der Waals surface area contributed by atoms with Gasteiger partial charge in [0, 0.05) is 18.9 Å². The van der Waals surface area contributed by atoms with E-state index in [2.05, 4.69) is 5.16 Å². The minimum absolute atomic E-state index is 0.0280. The number of carbonyl (C=O) groups excluding carboxylic acids is 1. The fourth-order valence-corrected chi connectivity index (χ4v) is 3.58. The number of carbonyl (C=O) groups is 1. The molecule has 0 saturated heterocycles. The van der Waals surface area contributed by atoms with Gasteiger partial charge in [-0.05, 0) is 43.0 Å². The van der Waals surface area contributed by atoms with Gasteiger partial charge in [0.25, 0.3) is 0 Å². The molecule has 1 fully saturated rings. The van der Waals surface area contributed by atoms with Gasteiger partial charge in [0.2, 0.25) is 5.91 Å². The van der Waals surface area contributed by atoms with E-state index in [0.29, 0.717) is 18.5 Å². The summed E-state index contributed by atoms with van der Waals surface area (Å²) in [5.74, 6) is -0.0607. The zero-order valence-electron chi connectivity index (χ0n) is 16.7. The number of halogens is 3. The van der Waals surface area contributed by atoms with E-state index in [1.165, 1.54) is 6.07 Å². The van der Waals surface area contributed by atoms with E-state index in [1.807, 2.05) is 31.2 Å². The number of rotatable bonds is 6. The Morgan fingerprint density at radius 2 is 1.90 bits per heavy atom. The van der Waals surface area contributed by atoms with Crippen molar-refractivity contribution in [3.05, 3.63) is 70.8 Å². The Balaban J connectivity index is 1.45. The van der Waals surface area contributed by atoms with E-state index in [9.17, 15) is 18.0 Å². The van der Waals surface area contributed by atoms with Gasteiger partial charge in [0.1, 0.15) is 0 Å². The lowest BCUT2D eigenvalue weighted by molar-refractivity contribution is -0.137. The van der Waals surface area contributed by atoms with Crippen LogP contribution in [0.3, 0.4) is 0 Å². The van der Waals surface area contributed by atoms with Gasteiger partial charge < -0.3 is 9.74 Å². The first-order valence-electron chi connectivity index (χ1n) is 10.0. The number of aryl methyl sites for hydroxylation is 1. The Kier molecular flexibility index (Phi) is 5.54. The summed E-state index contributed by atoms with van der Waals surface area (Å²) in [6, 6.07) is 13.1. The van der Waals surface area contributed by atoms with Crippen LogP contribution in [0.2, 0.25) is 0 Å². The second-order valence-electron chi connectivity index (χ2n) is 8.03. The second-order valence-corrected chi connectivity index (χ2v) is 8.03. The molecule has 0 bridgehead atoms. The fourth-order valence-electron chi connectivity index (χ4n) is 3.58. The van der Waals surface area contributed by atoms with Crippen LogP contribution in [0.5, 0.6) is 0 Å². The predicted molar refractivity (Wildman–Crippen MR) is 107 cm³/mol. The van der Waals surface area contributed by atoms with Crippen molar-refractivity contribution in [2.75, 3.05) is 6.54 Å². The number of benzene rings is 2. The van der Waals surface area contributed by atoms with Crippen molar-refractivity contribution in [1.29, 1.82) is 0 Å². The highest BCUT2D eigenvalue weighted by molar-refractivity contribution is 6.01. The van der Waals surface area contributed by atoms with Crippen LogP contribution in [-0.4, -0.2) is 29.2 Å². The summed E-state index contributed by atoms with van der Waals surface area (Å²) in [6.07, 6.45) is -2.51. The van der Waals surface area contributed by atoms with Crippen LogP contribution >= 0.6 is 0 Å². The molecular formula is C23H23F3N2O2. The van der Waals surface area contributed by atoms with Gasteiger partial charge >= 0.3 is 6.18 Å². The lowest BCUT2D eigenvalue weighted by Gasteiger charge is -2.25. The monoisotopic (exact) mass is 416 g/mol. The first-order chi connectivity index (χ1) is 14.3. The third-order valence-corrected chi connectivity index (χ3v) is 5.41. The number of amides is 1. The van der Waals surface area contributed by atoms with Crippen LogP contribution in [0.1, 0.15) is 41.5 Å². The van der Waals surface area contributed by atoms with Crippen LogP contribution in [0.4, 0.5) is 13.2 Å². The largest absolute Gasteiger partial charge is 0.416 e. The van der Waals surface area contributed by atoms with Crippen LogP contribution in [-0.2, 0) is 22.4 Å². The maximum Gasteiger partial charge on any atom is 0.416 e. The van der Waals surface area contributed by atoms with Crippen molar-refractivity contribution in [3.63, 3.8) is 0 Å². The second kappa shape index (κ2) is 8.13. The SMILES string of the molecule is Cc1ccc(C2=NO[C@@H](CN(Cc3cccc(C(F)(F)F)c3)C(=O)C3CC3)C2)cc1. The molecule has 0 aromatic heterocycles. The van der Waals surface area contributed by atoms with Crippen LogP contribution in [0.25, 0.3) is 0 Å². The molecule has 2 aromatic rings. The molecule has 2 aliphatic rings. The standard InChI is InChI=1S/C23H23F3N2O2/c1-15-5-7-17(8-6-15)21-12-20(30-27-21)14-28(22(29)18-9-10-18)13-16-3-2-4-19(11-16)23(24,25)26/h2-8,11,18,20H,9-10,12-14H2,1H3/t20-/m1/s1. The molecule has 1 heterocycles. The Labute approximate surface area is 173 Å². The fraction of sp³-hybridized carbons (Fsp3) is 0.391. The molecule has 0 N–H and O–H groups in total. The minimum Gasteiger partial charge on any atom is -0.390 e. The third-order valence-electron chi connectivity index (χ3n) is 5.41. The van der Waals surface area contributed by atoms with Gasteiger partial charge in [0.05, 0.1) is 17.8 Å². The van der Waals surface area contributed by atoms with E-state index in [0.717, 1.165) is 41.8 Å². The normalized spacial score (nSPS) is 18.7.